The minimum Gasteiger partial charge on any atom is -0.465 e. The van der Waals surface area contributed by atoms with E-state index in [0.717, 1.165) is 0 Å². The predicted octanol–water partition coefficient (Wildman–Crippen LogP) is 3.16. The number of pyridine rings is 1. The number of methoxy groups -OCH3 is 1. The first kappa shape index (κ1) is 17.2. The van der Waals surface area contributed by atoms with Crippen LogP contribution in [0.25, 0.3) is 0 Å². The van der Waals surface area contributed by atoms with Gasteiger partial charge in [0.15, 0.2) is 5.82 Å². The fourth-order valence-electron chi connectivity index (χ4n) is 2.22. The van der Waals surface area contributed by atoms with E-state index >= 15 is 0 Å². The molecule has 132 valence electrons. The Morgan fingerprint density at radius 2 is 1.96 bits per heavy atom. The SMILES string of the molecule is COC(=O)c1cccc(Nc2ccc(C(=O)Nc3cc(C)on3)nc2)c1. The zero-order chi connectivity index (χ0) is 18.5. The van der Waals surface area contributed by atoms with Gasteiger partial charge in [-0.15, -0.1) is 0 Å². The van der Waals surface area contributed by atoms with Crippen LogP contribution in [0.3, 0.4) is 0 Å². The fraction of sp³-hybridized carbons (Fsp3) is 0.111. The first-order valence-electron chi connectivity index (χ1n) is 7.71. The molecule has 1 aromatic carbocycles. The van der Waals surface area contributed by atoms with Crippen molar-refractivity contribution in [1.29, 1.82) is 0 Å². The summed E-state index contributed by atoms with van der Waals surface area (Å²) in [4.78, 5) is 27.8. The Morgan fingerprint density at radius 1 is 1.12 bits per heavy atom. The maximum absolute atomic E-state index is 12.1. The number of carbonyl (C=O) groups is 2. The molecule has 8 nitrogen and oxygen atoms in total. The third-order valence-electron chi connectivity index (χ3n) is 3.44. The van der Waals surface area contributed by atoms with E-state index in [4.69, 9.17) is 9.26 Å². The zero-order valence-electron chi connectivity index (χ0n) is 14.1. The third-order valence-corrected chi connectivity index (χ3v) is 3.44. The summed E-state index contributed by atoms with van der Waals surface area (Å²) < 4.78 is 9.59. The number of hydrogen-bond donors (Lipinski definition) is 2. The highest BCUT2D eigenvalue weighted by Crippen LogP contribution is 2.18. The van der Waals surface area contributed by atoms with Crippen molar-refractivity contribution in [3.05, 3.63) is 65.7 Å². The van der Waals surface area contributed by atoms with Crippen LogP contribution in [-0.2, 0) is 4.74 Å². The van der Waals surface area contributed by atoms with Crippen LogP contribution < -0.4 is 10.6 Å². The Labute approximate surface area is 149 Å². The van der Waals surface area contributed by atoms with Gasteiger partial charge in [0.1, 0.15) is 11.5 Å². The predicted molar refractivity (Wildman–Crippen MR) is 94.5 cm³/mol. The molecule has 26 heavy (non-hydrogen) atoms. The summed E-state index contributed by atoms with van der Waals surface area (Å²) in [7, 11) is 1.33. The van der Waals surface area contributed by atoms with Crippen LogP contribution in [-0.4, -0.2) is 29.1 Å². The van der Waals surface area contributed by atoms with Crippen molar-refractivity contribution in [1.82, 2.24) is 10.1 Å². The Morgan fingerprint density at radius 3 is 2.62 bits per heavy atom. The average molecular weight is 352 g/mol. The number of carbonyl (C=O) groups excluding carboxylic acids is 2. The molecule has 0 aliphatic rings. The van der Waals surface area contributed by atoms with Gasteiger partial charge in [-0.2, -0.15) is 0 Å². The smallest absolute Gasteiger partial charge is 0.337 e. The highest BCUT2D eigenvalue weighted by Gasteiger charge is 2.11. The molecule has 0 saturated carbocycles. The first-order valence-corrected chi connectivity index (χ1v) is 7.71. The molecule has 2 heterocycles. The van der Waals surface area contributed by atoms with Crippen LogP contribution in [0.1, 0.15) is 26.6 Å². The van der Waals surface area contributed by atoms with Crippen LogP contribution in [0.4, 0.5) is 17.2 Å². The maximum Gasteiger partial charge on any atom is 0.337 e. The summed E-state index contributed by atoms with van der Waals surface area (Å²) >= 11 is 0. The Kier molecular flexibility index (Phi) is 4.93. The molecule has 1 amide bonds. The number of aromatic nitrogens is 2. The summed E-state index contributed by atoms with van der Waals surface area (Å²) in [6, 6.07) is 11.8. The molecule has 0 atom stereocenters. The molecular formula is C18H16N4O4. The second kappa shape index (κ2) is 7.47. The van der Waals surface area contributed by atoms with Gasteiger partial charge in [0.05, 0.1) is 24.6 Å². The molecule has 3 aromatic rings. The minimum absolute atomic E-state index is 0.236. The molecule has 0 aliphatic carbocycles. The van der Waals surface area contributed by atoms with E-state index in [9.17, 15) is 9.59 Å². The van der Waals surface area contributed by atoms with E-state index in [-0.39, 0.29) is 5.69 Å². The molecular weight excluding hydrogens is 336 g/mol. The van der Waals surface area contributed by atoms with Gasteiger partial charge in [-0.3, -0.25) is 4.79 Å². The summed E-state index contributed by atoms with van der Waals surface area (Å²) in [6.45, 7) is 1.73. The molecule has 3 rings (SSSR count). The van der Waals surface area contributed by atoms with Crippen LogP contribution in [0.2, 0.25) is 0 Å². The Bertz CT molecular complexity index is 934. The second-order valence-electron chi connectivity index (χ2n) is 5.41. The quantitative estimate of drug-likeness (QED) is 0.679. The lowest BCUT2D eigenvalue weighted by Gasteiger charge is -2.08. The van der Waals surface area contributed by atoms with Crippen molar-refractivity contribution >= 4 is 29.1 Å². The third kappa shape index (κ3) is 4.04. The van der Waals surface area contributed by atoms with Crippen LogP contribution >= 0.6 is 0 Å². The molecule has 0 radical (unpaired) electrons. The second-order valence-corrected chi connectivity index (χ2v) is 5.41. The number of nitrogens with zero attached hydrogens (tertiary/aromatic N) is 2. The highest BCUT2D eigenvalue weighted by atomic mass is 16.5. The van der Waals surface area contributed by atoms with Crippen LogP contribution in [0, 0.1) is 6.92 Å². The van der Waals surface area contributed by atoms with Gasteiger partial charge < -0.3 is 19.9 Å². The number of amides is 1. The van der Waals surface area contributed by atoms with Gasteiger partial charge in [-0.25, -0.2) is 9.78 Å². The standard InChI is InChI=1S/C18H16N4O4/c1-11-8-16(22-26-11)21-17(23)15-7-6-14(10-19-15)20-13-5-3-4-12(9-13)18(24)25-2/h3-10,20H,1-2H3,(H,21,22,23). The topological polar surface area (TPSA) is 106 Å². The van der Waals surface area contributed by atoms with Crippen molar-refractivity contribution in [3.8, 4) is 0 Å². The summed E-state index contributed by atoms with van der Waals surface area (Å²) in [6.07, 6.45) is 1.52. The van der Waals surface area contributed by atoms with Gasteiger partial charge in [-0.1, -0.05) is 11.2 Å². The van der Waals surface area contributed by atoms with Crippen molar-refractivity contribution in [2.45, 2.75) is 6.92 Å². The van der Waals surface area contributed by atoms with Crippen LogP contribution in [0.5, 0.6) is 0 Å². The summed E-state index contributed by atoms with van der Waals surface area (Å²) in [5, 5.41) is 9.41. The summed E-state index contributed by atoms with van der Waals surface area (Å²) in [5.74, 6) is 0.123. The van der Waals surface area contributed by atoms with Gasteiger partial charge in [0, 0.05) is 11.8 Å². The monoisotopic (exact) mass is 352 g/mol. The lowest BCUT2D eigenvalue weighted by atomic mass is 10.2. The molecule has 0 bridgehead atoms. The number of ether oxygens (including phenoxy) is 1. The van der Waals surface area contributed by atoms with Crippen molar-refractivity contribution in [2.75, 3.05) is 17.7 Å². The maximum atomic E-state index is 12.1. The first-order chi connectivity index (χ1) is 12.5. The van der Waals surface area contributed by atoms with Gasteiger partial charge >= 0.3 is 5.97 Å². The van der Waals surface area contributed by atoms with Crippen molar-refractivity contribution in [3.63, 3.8) is 0 Å². The summed E-state index contributed by atoms with van der Waals surface area (Å²) in [5.41, 5.74) is 2.04. The number of aryl methyl sites for hydroxylation is 1. The van der Waals surface area contributed by atoms with Gasteiger partial charge in [-0.05, 0) is 37.3 Å². The number of benzene rings is 1. The van der Waals surface area contributed by atoms with E-state index in [1.54, 1.807) is 49.4 Å². The molecule has 0 saturated heterocycles. The fourth-order valence-corrected chi connectivity index (χ4v) is 2.22. The highest BCUT2D eigenvalue weighted by molar-refractivity contribution is 6.02. The van der Waals surface area contributed by atoms with E-state index in [1.807, 2.05) is 0 Å². The molecule has 2 N–H and O–H groups in total. The molecule has 8 heteroatoms. The van der Waals surface area contributed by atoms with Gasteiger partial charge in [0.2, 0.25) is 0 Å². The minimum atomic E-state index is -0.415. The Balaban J connectivity index is 1.68. The normalized spacial score (nSPS) is 10.2. The van der Waals surface area contributed by atoms with E-state index in [1.165, 1.54) is 13.3 Å². The molecule has 0 fully saturated rings. The lowest BCUT2D eigenvalue weighted by Crippen LogP contribution is -2.13. The number of rotatable bonds is 5. The van der Waals surface area contributed by atoms with Crippen LogP contribution in [0.15, 0.2) is 53.2 Å². The van der Waals surface area contributed by atoms with E-state index in [0.29, 0.717) is 28.5 Å². The molecule has 0 aliphatic heterocycles. The zero-order valence-corrected chi connectivity index (χ0v) is 14.1. The van der Waals surface area contributed by atoms with Gasteiger partial charge in [0.25, 0.3) is 5.91 Å². The molecule has 0 spiro atoms. The lowest BCUT2D eigenvalue weighted by molar-refractivity contribution is 0.0600. The average Bonchev–Trinajstić information content (AvgIpc) is 3.06. The van der Waals surface area contributed by atoms with Crippen molar-refractivity contribution in [2.24, 2.45) is 0 Å². The molecule has 0 unspecified atom stereocenters. The largest absolute Gasteiger partial charge is 0.465 e. The number of esters is 1. The number of anilines is 3. The molecule has 2 aromatic heterocycles. The Hall–Kier alpha value is -3.68. The van der Waals surface area contributed by atoms with E-state index < -0.39 is 11.9 Å². The van der Waals surface area contributed by atoms with Crippen molar-refractivity contribution < 1.29 is 18.8 Å². The number of nitrogens with one attached hydrogen (secondary N) is 2. The van der Waals surface area contributed by atoms with E-state index in [2.05, 4.69) is 20.8 Å². The number of hydrogen-bond acceptors (Lipinski definition) is 7.